The van der Waals surface area contributed by atoms with Gasteiger partial charge in [0.2, 0.25) is 0 Å². The molecule has 12 rings (SSSR count). The van der Waals surface area contributed by atoms with Gasteiger partial charge in [-0.05, 0) is 90.3 Å². The van der Waals surface area contributed by atoms with Crippen LogP contribution in [0.4, 0.5) is 0 Å². The summed E-state index contributed by atoms with van der Waals surface area (Å²) in [6.45, 7) is 3.18. The standard InChI is InChI=1S/2C31H27NO/c2*1-3-11-23(12-4-1)19-27-22-33-31(32(27)21-24-13-5-2-6-14-24)30-28-17-9-7-15-25(28)20-26-16-8-10-18-29(26)30/h2*1-18,20,27,31H,19,21-22H2/t2*27-,31-/m00/s1. The zero-order valence-electron chi connectivity index (χ0n) is 37.2. The SMILES string of the molecule is c1ccc(C[C@H]2CO[C@@H](c3c4ccccc4cc4ccccc34)N2Cc2ccccc2)cc1.c1ccc(C[C@H]2CO[C@@H](c3c4ccccc4cc4ccccc34)N2Cc2ccccc2)cc1. The Kier molecular flexibility index (Phi) is 12.2. The van der Waals surface area contributed by atoms with Gasteiger partial charge in [0.25, 0.3) is 0 Å². The second-order valence-corrected chi connectivity index (χ2v) is 17.8. The van der Waals surface area contributed by atoms with Crippen LogP contribution in [0, 0.1) is 0 Å². The molecule has 0 radical (unpaired) electrons. The second-order valence-electron chi connectivity index (χ2n) is 17.8. The van der Waals surface area contributed by atoms with Gasteiger partial charge in [0, 0.05) is 36.3 Å². The fourth-order valence-corrected chi connectivity index (χ4v) is 10.4. The van der Waals surface area contributed by atoms with Gasteiger partial charge in [0.05, 0.1) is 13.2 Å². The molecule has 66 heavy (non-hydrogen) atoms. The van der Waals surface area contributed by atoms with Crippen molar-refractivity contribution < 1.29 is 9.47 Å². The highest BCUT2D eigenvalue weighted by molar-refractivity contribution is 6.03. The Labute approximate surface area is 388 Å². The Balaban J connectivity index is 0.000000146. The highest BCUT2D eigenvalue weighted by atomic mass is 16.5. The van der Waals surface area contributed by atoms with Gasteiger partial charge < -0.3 is 9.47 Å². The molecular formula is C62H54N2O2. The molecule has 2 fully saturated rings. The Morgan fingerprint density at radius 2 is 0.591 bits per heavy atom. The maximum Gasteiger partial charge on any atom is 0.138 e. The summed E-state index contributed by atoms with van der Waals surface area (Å²) in [4.78, 5) is 5.13. The third-order valence-corrected chi connectivity index (χ3v) is 13.6. The molecular weight excluding hydrogens is 805 g/mol. The molecule has 0 spiro atoms. The monoisotopic (exact) mass is 858 g/mol. The van der Waals surface area contributed by atoms with Crippen molar-refractivity contribution in [3.63, 3.8) is 0 Å². The van der Waals surface area contributed by atoms with Crippen molar-refractivity contribution in [2.75, 3.05) is 13.2 Å². The van der Waals surface area contributed by atoms with E-state index in [1.165, 1.54) is 76.5 Å². The van der Waals surface area contributed by atoms with Crippen molar-refractivity contribution in [3.8, 4) is 0 Å². The lowest BCUT2D eigenvalue weighted by Crippen LogP contribution is -2.34. The van der Waals surface area contributed by atoms with E-state index in [2.05, 4.69) is 240 Å². The molecule has 0 saturated carbocycles. The first-order chi connectivity index (χ1) is 32.7. The van der Waals surface area contributed by atoms with Crippen molar-refractivity contribution in [2.24, 2.45) is 0 Å². The molecule has 0 N–H and O–H groups in total. The average molecular weight is 859 g/mol. The number of hydrogen-bond donors (Lipinski definition) is 0. The molecule has 0 aliphatic carbocycles. The summed E-state index contributed by atoms with van der Waals surface area (Å²) in [5.74, 6) is 0. The molecule has 4 nitrogen and oxygen atoms in total. The van der Waals surface area contributed by atoms with E-state index in [0.717, 1.165) is 39.1 Å². The first kappa shape index (κ1) is 41.8. The Morgan fingerprint density at radius 1 is 0.318 bits per heavy atom. The Morgan fingerprint density at radius 3 is 0.909 bits per heavy atom. The molecule has 2 heterocycles. The van der Waals surface area contributed by atoms with Crippen LogP contribution >= 0.6 is 0 Å². The molecule has 4 atom stereocenters. The van der Waals surface area contributed by atoms with Crippen LogP contribution in [-0.2, 0) is 35.4 Å². The quantitative estimate of drug-likeness (QED) is 0.128. The first-order valence-corrected chi connectivity index (χ1v) is 23.4. The third-order valence-electron chi connectivity index (χ3n) is 13.6. The molecule has 2 aliphatic heterocycles. The fraction of sp³-hybridized carbons (Fsp3) is 0.161. The minimum atomic E-state index is -0.0880. The van der Waals surface area contributed by atoms with E-state index in [9.17, 15) is 0 Å². The van der Waals surface area contributed by atoms with Gasteiger partial charge >= 0.3 is 0 Å². The van der Waals surface area contributed by atoms with Crippen molar-refractivity contribution in [3.05, 3.63) is 264 Å². The van der Waals surface area contributed by atoms with Crippen LogP contribution in [-0.4, -0.2) is 35.1 Å². The van der Waals surface area contributed by atoms with E-state index in [0.29, 0.717) is 12.1 Å². The fourth-order valence-electron chi connectivity index (χ4n) is 10.4. The van der Waals surface area contributed by atoms with Crippen molar-refractivity contribution >= 4 is 43.1 Å². The van der Waals surface area contributed by atoms with Crippen LogP contribution in [0.15, 0.2) is 231 Å². The summed E-state index contributed by atoms with van der Waals surface area (Å²) in [5.41, 5.74) is 7.91. The molecule has 0 amide bonds. The predicted octanol–water partition coefficient (Wildman–Crippen LogP) is 14.3. The summed E-state index contributed by atoms with van der Waals surface area (Å²) in [6.07, 6.45) is 1.78. The van der Waals surface area contributed by atoms with Gasteiger partial charge in [-0.3, -0.25) is 9.80 Å². The number of fused-ring (bicyclic) bond motifs is 4. The predicted molar refractivity (Wildman–Crippen MR) is 272 cm³/mol. The van der Waals surface area contributed by atoms with Gasteiger partial charge in [-0.1, -0.05) is 218 Å². The highest BCUT2D eigenvalue weighted by Gasteiger charge is 2.38. The molecule has 0 bridgehead atoms. The highest BCUT2D eigenvalue weighted by Crippen LogP contribution is 2.43. The van der Waals surface area contributed by atoms with Gasteiger partial charge in [-0.25, -0.2) is 0 Å². The molecule has 2 saturated heterocycles. The number of hydrogen-bond acceptors (Lipinski definition) is 4. The van der Waals surface area contributed by atoms with Gasteiger partial charge in [-0.2, -0.15) is 0 Å². The molecule has 4 heteroatoms. The maximum atomic E-state index is 6.65. The van der Waals surface area contributed by atoms with E-state index in [-0.39, 0.29) is 12.5 Å². The smallest absolute Gasteiger partial charge is 0.138 e. The van der Waals surface area contributed by atoms with Crippen LogP contribution in [0.1, 0.15) is 45.8 Å². The van der Waals surface area contributed by atoms with E-state index >= 15 is 0 Å². The Bertz CT molecular complexity index is 2870. The molecule has 10 aromatic rings. The lowest BCUT2D eigenvalue weighted by atomic mass is 9.94. The largest absolute Gasteiger partial charge is 0.357 e. The van der Waals surface area contributed by atoms with Gasteiger partial charge in [0.15, 0.2) is 0 Å². The first-order valence-electron chi connectivity index (χ1n) is 23.4. The summed E-state index contributed by atoms with van der Waals surface area (Å²) in [6, 6.07) is 83.2. The minimum Gasteiger partial charge on any atom is -0.357 e. The maximum absolute atomic E-state index is 6.65. The number of rotatable bonds is 10. The molecule has 0 unspecified atom stereocenters. The zero-order valence-corrected chi connectivity index (χ0v) is 37.2. The Hall–Kier alpha value is -6.92. The van der Waals surface area contributed by atoms with E-state index in [1.807, 2.05) is 0 Å². The lowest BCUT2D eigenvalue weighted by molar-refractivity contribution is 0.0269. The van der Waals surface area contributed by atoms with Crippen LogP contribution in [0.2, 0.25) is 0 Å². The summed E-state index contributed by atoms with van der Waals surface area (Å²) in [5, 5.41) is 10.2. The van der Waals surface area contributed by atoms with E-state index in [1.54, 1.807) is 0 Å². The van der Waals surface area contributed by atoms with E-state index in [4.69, 9.17) is 9.47 Å². The molecule has 2 aliphatic rings. The molecule has 0 aromatic heterocycles. The average Bonchev–Trinajstić information content (AvgIpc) is 3.95. The summed E-state index contributed by atoms with van der Waals surface area (Å²) < 4.78 is 13.3. The molecule has 324 valence electrons. The number of benzene rings is 10. The third kappa shape index (κ3) is 8.77. The minimum absolute atomic E-state index is 0.0880. The second kappa shape index (κ2) is 19.3. The summed E-state index contributed by atoms with van der Waals surface area (Å²) in [7, 11) is 0. The topological polar surface area (TPSA) is 24.9 Å². The number of ether oxygens (including phenoxy) is 2. The van der Waals surface area contributed by atoms with Crippen molar-refractivity contribution in [1.82, 2.24) is 9.80 Å². The number of nitrogens with zero attached hydrogens (tertiary/aromatic N) is 2. The summed E-state index contributed by atoms with van der Waals surface area (Å²) >= 11 is 0. The van der Waals surface area contributed by atoms with Crippen LogP contribution in [0.5, 0.6) is 0 Å². The van der Waals surface area contributed by atoms with Crippen molar-refractivity contribution in [1.29, 1.82) is 0 Å². The van der Waals surface area contributed by atoms with Gasteiger partial charge in [-0.15, -0.1) is 0 Å². The van der Waals surface area contributed by atoms with Gasteiger partial charge in [0.1, 0.15) is 12.5 Å². The van der Waals surface area contributed by atoms with Crippen molar-refractivity contribution in [2.45, 2.75) is 50.5 Å². The zero-order chi connectivity index (χ0) is 44.1. The van der Waals surface area contributed by atoms with E-state index < -0.39 is 0 Å². The lowest BCUT2D eigenvalue weighted by Gasteiger charge is -2.30. The van der Waals surface area contributed by atoms with Crippen LogP contribution in [0.3, 0.4) is 0 Å². The normalized spacial score (nSPS) is 18.8. The molecule has 10 aromatic carbocycles. The van der Waals surface area contributed by atoms with Crippen LogP contribution in [0.25, 0.3) is 43.1 Å². The van der Waals surface area contributed by atoms with Crippen LogP contribution < -0.4 is 0 Å².